The van der Waals surface area contributed by atoms with E-state index in [1.165, 1.54) is 57.8 Å². The molecule has 3 nitrogen and oxygen atoms in total. The van der Waals surface area contributed by atoms with Crippen LogP contribution in [0.4, 0.5) is 0 Å². The highest BCUT2D eigenvalue weighted by atomic mass is 16.5. The maximum Gasteiger partial charge on any atom is 0.0756 e. The molecule has 0 aromatic heterocycles. The van der Waals surface area contributed by atoms with Gasteiger partial charge in [-0.2, -0.15) is 0 Å². The highest BCUT2D eigenvalue weighted by Crippen LogP contribution is 2.45. The summed E-state index contributed by atoms with van der Waals surface area (Å²) in [7, 11) is 0. The third-order valence-corrected chi connectivity index (χ3v) is 6.19. The Bertz CT molecular complexity index is 323. The van der Waals surface area contributed by atoms with Crippen molar-refractivity contribution in [3.8, 4) is 0 Å². The van der Waals surface area contributed by atoms with E-state index >= 15 is 0 Å². The van der Waals surface area contributed by atoms with Crippen LogP contribution in [0, 0.1) is 11.8 Å². The lowest BCUT2D eigenvalue weighted by molar-refractivity contribution is -0.153. The van der Waals surface area contributed by atoms with Crippen LogP contribution < -0.4 is 5.73 Å². The van der Waals surface area contributed by atoms with Crippen LogP contribution in [0.25, 0.3) is 0 Å². The molecule has 1 saturated heterocycles. The molecule has 3 aliphatic rings. The normalized spacial score (nSPS) is 32.6. The molecule has 0 aromatic carbocycles. The van der Waals surface area contributed by atoms with Gasteiger partial charge in [0.1, 0.15) is 0 Å². The third kappa shape index (κ3) is 3.46. The molecule has 3 atom stereocenters. The Labute approximate surface area is 129 Å². The van der Waals surface area contributed by atoms with Gasteiger partial charge in [-0.15, -0.1) is 0 Å². The average Bonchev–Trinajstić information content (AvgIpc) is 2.51. The Morgan fingerprint density at radius 1 is 1.10 bits per heavy atom. The van der Waals surface area contributed by atoms with Crippen LogP contribution in [0.2, 0.25) is 0 Å². The van der Waals surface area contributed by atoms with Crippen molar-refractivity contribution in [2.75, 3.05) is 13.2 Å². The molecule has 2 saturated carbocycles. The quantitative estimate of drug-likeness (QED) is 0.842. The largest absolute Gasteiger partial charge is 0.377 e. The molecule has 0 bridgehead atoms. The summed E-state index contributed by atoms with van der Waals surface area (Å²) in [5.74, 6) is 1.28. The summed E-state index contributed by atoms with van der Waals surface area (Å²) >= 11 is 0. The molecule has 1 spiro atoms. The molecule has 3 fully saturated rings. The summed E-state index contributed by atoms with van der Waals surface area (Å²) < 4.78 is 12.2. The molecule has 2 aliphatic carbocycles. The van der Waals surface area contributed by atoms with E-state index in [2.05, 4.69) is 6.92 Å². The molecule has 3 unspecified atom stereocenters. The average molecular weight is 295 g/mol. The second-order valence-electron chi connectivity index (χ2n) is 7.53. The van der Waals surface area contributed by atoms with Gasteiger partial charge in [0.15, 0.2) is 0 Å². The molecule has 1 heterocycles. The summed E-state index contributed by atoms with van der Waals surface area (Å²) in [6.07, 6.45) is 13.1. The van der Waals surface area contributed by atoms with Gasteiger partial charge in [-0.05, 0) is 63.7 Å². The van der Waals surface area contributed by atoms with Gasteiger partial charge in [0.05, 0.1) is 11.7 Å². The monoisotopic (exact) mass is 295 g/mol. The van der Waals surface area contributed by atoms with Crippen molar-refractivity contribution < 1.29 is 9.47 Å². The maximum absolute atomic E-state index is 6.73. The van der Waals surface area contributed by atoms with Crippen LogP contribution in [-0.2, 0) is 9.47 Å². The van der Waals surface area contributed by atoms with Gasteiger partial charge in [0.25, 0.3) is 0 Å². The summed E-state index contributed by atoms with van der Waals surface area (Å²) in [6.45, 7) is 3.81. The van der Waals surface area contributed by atoms with E-state index < -0.39 is 0 Å². The van der Waals surface area contributed by atoms with Crippen molar-refractivity contribution in [1.29, 1.82) is 0 Å². The minimum atomic E-state index is 0.198. The van der Waals surface area contributed by atoms with Crippen LogP contribution in [0.3, 0.4) is 0 Å². The highest BCUT2D eigenvalue weighted by Gasteiger charge is 2.45. The first-order chi connectivity index (χ1) is 10.2. The number of nitrogens with two attached hydrogens (primary N) is 1. The summed E-state index contributed by atoms with van der Waals surface area (Å²) in [4.78, 5) is 0. The molecule has 122 valence electrons. The van der Waals surface area contributed by atoms with Gasteiger partial charge >= 0.3 is 0 Å². The number of hydrogen-bond donors (Lipinski definition) is 1. The van der Waals surface area contributed by atoms with Crippen LogP contribution >= 0.6 is 0 Å². The van der Waals surface area contributed by atoms with Crippen molar-refractivity contribution in [1.82, 2.24) is 0 Å². The Morgan fingerprint density at radius 2 is 1.86 bits per heavy atom. The summed E-state index contributed by atoms with van der Waals surface area (Å²) in [5.41, 5.74) is 6.93. The highest BCUT2D eigenvalue weighted by molar-refractivity contribution is 4.98. The lowest BCUT2D eigenvalue weighted by Crippen LogP contribution is -2.54. The van der Waals surface area contributed by atoms with Crippen molar-refractivity contribution in [3.63, 3.8) is 0 Å². The molecule has 3 rings (SSSR count). The molecule has 21 heavy (non-hydrogen) atoms. The van der Waals surface area contributed by atoms with Crippen LogP contribution in [0.1, 0.15) is 71.1 Å². The molecule has 0 amide bonds. The van der Waals surface area contributed by atoms with E-state index in [-0.39, 0.29) is 17.7 Å². The predicted octanol–water partition coefficient (Wildman–Crippen LogP) is 3.65. The first-order valence-corrected chi connectivity index (χ1v) is 9.25. The van der Waals surface area contributed by atoms with Gasteiger partial charge in [0, 0.05) is 19.3 Å². The number of hydrogen-bond acceptors (Lipinski definition) is 3. The summed E-state index contributed by atoms with van der Waals surface area (Å²) in [5, 5.41) is 0. The van der Waals surface area contributed by atoms with E-state index in [0.717, 1.165) is 19.6 Å². The first-order valence-electron chi connectivity index (χ1n) is 9.25. The molecular formula is C18H33NO2. The van der Waals surface area contributed by atoms with E-state index in [9.17, 15) is 0 Å². The smallest absolute Gasteiger partial charge is 0.0756 e. The number of ether oxygens (including phenoxy) is 2. The molecule has 2 N–H and O–H groups in total. The maximum atomic E-state index is 6.73. The molecular weight excluding hydrogens is 262 g/mol. The molecule has 3 heteroatoms. The third-order valence-electron chi connectivity index (χ3n) is 6.19. The zero-order chi connectivity index (χ0) is 14.7. The first kappa shape index (κ1) is 15.8. The Balaban J connectivity index is 1.63. The van der Waals surface area contributed by atoms with Crippen molar-refractivity contribution in [2.24, 2.45) is 17.6 Å². The van der Waals surface area contributed by atoms with Crippen LogP contribution in [0.15, 0.2) is 0 Å². The van der Waals surface area contributed by atoms with E-state index in [0.29, 0.717) is 11.8 Å². The van der Waals surface area contributed by atoms with E-state index in [1.54, 1.807) is 0 Å². The fourth-order valence-corrected chi connectivity index (χ4v) is 4.80. The summed E-state index contributed by atoms with van der Waals surface area (Å²) in [6, 6.07) is 0.203. The molecule has 1 aliphatic heterocycles. The lowest BCUT2D eigenvalue weighted by atomic mass is 9.68. The molecule has 0 aromatic rings. The predicted molar refractivity (Wildman–Crippen MR) is 85.2 cm³/mol. The van der Waals surface area contributed by atoms with Gasteiger partial charge in [-0.3, -0.25) is 0 Å². The van der Waals surface area contributed by atoms with Crippen LogP contribution in [0.5, 0.6) is 0 Å². The Morgan fingerprint density at radius 3 is 2.48 bits per heavy atom. The van der Waals surface area contributed by atoms with Crippen LogP contribution in [-0.4, -0.2) is 31.0 Å². The van der Waals surface area contributed by atoms with Crippen molar-refractivity contribution >= 4 is 0 Å². The standard InChI is InChI=1S/C18H33NO2/c1-2-20-17(14-7-4-3-5-8-14)16(19)15-9-12-21-18(13-15)10-6-11-18/h14-17H,2-13,19H2,1H3. The zero-order valence-electron chi connectivity index (χ0n) is 13.7. The topological polar surface area (TPSA) is 44.5 Å². The fraction of sp³-hybridized carbons (Fsp3) is 1.00. The zero-order valence-corrected chi connectivity index (χ0v) is 13.7. The van der Waals surface area contributed by atoms with E-state index in [1.807, 2.05) is 0 Å². The second-order valence-corrected chi connectivity index (χ2v) is 7.53. The van der Waals surface area contributed by atoms with Gasteiger partial charge < -0.3 is 15.2 Å². The van der Waals surface area contributed by atoms with Gasteiger partial charge in [-0.25, -0.2) is 0 Å². The van der Waals surface area contributed by atoms with Gasteiger partial charge in [0.2, 0.25) is 0 Å². The SMILES string of the molecule is CCOC(C1CCCCC1)C(N)C1CCOC2(CCC2)C1. The Hall–Kier alpha value is -0.120. The minimum absolute atomic E-state index is 0.198. The Kier molecular flexibility index (Phi) is 5.23. The minimum Gasteiger partial charge on any atom is -0.377 e. The van der Waals surface area contributed by atoms with Crippen molar-refractivity contribution in [3.05, 3.63) is 0 Å². The molecule has 0 radical (unpaired) electrons. The lowest BCUT2D eigenvalue weighted by Gasteiger charge is -2.49. The fourth-order valence-electron chi connectivity index (χ4n) is 4.80. The van der Waals surface area contributed by atoms with E-state index in [4.69, 9.17) is 15.2 Å². The van der Waals surface area contributed by atoms with Crippen molar-refractivity contribution in [2.45, 2.75) is 88.9 Å². The van der Waals surface area contributed by atoms with Gasteiger partial charge in [-0.1, -0.05) is 19.3 Å². The second kappa shape index (κ2) is 6.97. The number of rotatable bonds is 5.